The first kappa shape index (κ1) is 13.7. The lowest BCUT2D eigenvalue weighted by Gasteiger charge is -2.26. The molecule has 0 aliphatic heterocycles. The molecule has 5 heteroatoms. The van der Waals surface area contributed by atoms with Crippen molar-refractivity contribution >= 4 is 33.2 Å². The summed E-state index contributed by atoms with van der Waals surface area (Å²) in [7, 11) is 0. The van der Waals surface area contributed by atoms with Crippen LogP contribution in [0.2, 0.25) is 0 Å². The predicted octanol–water partition coefficient (Wildman–Crippen LogP) is 2.76. The molecular formula is C11H17BrN2OS. The summed E-state index contributed by atoms with van der Waals surface area (Å²) >= 11 is 4.83. The Kier molecular flexibility index (Phi) is 4.95. The highest BCUT2D eigenvalue weighted by molar-refractivity contribution is 9.11. The van der Waals surface area contributed by atoms with Gasteiger partial charge in [0.2, 0.25) is 0 Å². The molecule has 16 heavy (non-hydrogen) atoms. The van der Waals surface area contributed by atoms with Crippen LogP contribution in [0.1, 0.15) is 37.0 Å². The fraction of sp³-hybridized carbons (Fsp3) is 0.545. The molecule has 3 N–H and O–H groups in total. The van der Waals surface area contributed by atoms with Crippen LogP contribution in [-0.4, -0.2) is 18.0 Å². The molecule has 0 aliphatic rings. The monoisotopic (exact) mass is 304 g/mol. The smallest absolute Gasteiger partial charge is 0.252 e. The van der Waals surface area contributed by atoms with Crippen LogP contribution in [0.5, 0.6) is 0 Å². The van der Waals surface area contributed by atoms with E-state index in [0.29, 0.717) is 12.1 Å². The van der Waals surface area contributed by atoms with E-state index in [4.69, 9.17) is 5.73 Å². The van der Waals surface area contributed by atoms with Gasteiger partial charge in [-0.2, -0.15) is 0 Å². The van der Waals surface area contributed by atoms with Crippen LogP contribution < -0.4 is 11.1 Å². The van der Waals surface area contributed by atoms with Gasteiger partial charge in [-0.15, -0.1) is 11.3 Å². The molecule has 0 spiro atoms. The van der Waals surface area contributed by atoms with Crippen LogP contribution in [0.15, 0.2) is 15.2 Å². The molecule has 1 aromatic rings. The number of carbonyl (C=O) groups is 1. The summed E-state index contributed by atoms with van der Waals surface area (Å²) in [5, 5.41) is 4.71. The lowest BCUT2D eigenvalue weighted by atomic mass is 9.94. The van der Waals surface area contributed by atoms with E-state index >= 15 is 0 Å². The second kappa shape index (κ2) is 5.80. The van der Waals surface area contributed by atoms with Gasteiger partial charge in [-0.3, -0.25) is 4.79 Å². The molecule has 0 atom stereocenters. The summed E-state index contributed by atoms with van der Waals surface area (Å²) in [6, 6.07) is 1.82. The van der Waals surface area contributed by atoms with Crippen molar-refractivity contribution in [2.45, 2.75) is 32.2 Å². The first-order valence-corrected chi connectivity index (χ1v) is 6.99. The largest absolute Gasteiger partial charge is 0.350 e. The zero-order valence-corrected chi connectivity index (χ0v) is 12.0. The average Bonchev–Trinajstić information content (AvgIpc) is 2.72. The van der Waals surface area contributed by atoms with E-state index in [1.54, 1.807) is 0 Å². The van der Waals surface area contributed by atoms with Gasteiger partial charge < -0.3 is 11.1 Å². The Bertz CT molecular complexity index is 361. The highest BCUT2D eigenvalue weighted by Crippen LogP contribution is 2.20. The molecule has 1 rings (SSSR count). The van der Waals surface area contributed by atoms with E-state index < -0.39 is 0 Å². The zero-order chi connectivity index (χ0) is 12.2. The summed E-state index contributed by atoms with van der Waals surface area (Å²) in [4.78, 5) is 11.8. The molecule has 90 valence electrons. The summed E-state index contributed by atoms with van der Waals surface area (Å²) in [6.07, 6.45) is 1.72. The number of nitrogens with two attached hydrogens (primary N) is 1. The fourth-order valence-corrected chi connectivity index (χ4v) is 2.42. The quantitative estimate of drug-likeness (QED) is 0.879. The van der Waals surface area contributed by atoms with Crippen molar-refractivity contribution in [3.63, 3.8) is 0 Å². The average molecular weight is 305 g/mol. The molecule has 1 heterocycles. The van der Waals surface area contributed by atoms with Crippen LogP contribution in [-0.2, 0) is 0 Å². The Balaban J connectivity index is 2.53. The standard InChI is InChI=1S/C11H17BrN2OS/c1-3-11(13,4-2)7-14-10(15)8-5-9(12)16-6-8/h5-6H,3-4,7,13H2,1-2H3,(H,14,15). The van der Waals surface area contributed by atoms with Gasteiger partial charge in [0.15, 0.2) is 0 Å². The third kappa shape index (κ3) is 3.57. The molecule has 0 aromatic carbocycles. The van der Waals surface area contributed by atoms with Crippen molar-refractivity contribution in [1.29, 1.82) is 0 Å². The number of hydrogen-bond acceptors (Lipinski definition) is 3. The molecule has 3 nitrogen and oxygen atoms in total. The van der Waals surface area contributed by atoms with Crippen molar-refractivity contribution in [2.24, 2.45) is 5.73 Å². The highest BCUT2D eigenvalue weighted by Gasteiger charge is 2.21. The number of amides is 1. The number of carbonyl (C=O) groups excluding carboxylic acids is 1. The van der Waals surface area contributed by atoms with Gasteiger partial charge in [0.25, 0.3) is 5.91 Å². The summed E-state index contributed by atoms with van der Waals surface area (Å²) < 4.78 is 0.961. The van der Waals surface area contributed by atoms with Crippen LogP contribution in [0.3, 0.4) is 0 Å². The number of thiophene rings is 1. The minimum atomic E-state index is -0.289. The van der Waals surface area contributed by atoms with Gasteiger partial charge in [-0.25, -0.2) is 0 Å². The lowest BCUT2D eigenvalue weighted by Crippen LogP contribution is -2.49. The second-order valence-electron chi connectivity index (χ2n) is 3.89. The zero-order valence-electron chi connectivity index (χ0n) is 9.55. The molecule has 1 aromatic heterocycles. The summed E-state index contributed by atoms with van der Waals surface area (Å²) in [6.45, 7) is 4.60. The van der Waals surface area contributed by atoms with E-state index in [1.165, 1.54) is 11.3 Å². The van der Waals surface area contributed by atoms with Crippen molar-refractivity contribution < 1.29 is 4.79 Å². The number of halogens is 1. The van der Waals surface area contributed by atoms with E-state index in [2.05, 4.69) is 21.2 Å². The minimum absolute atomic E-state index is 0.0568. The molecule has 1 amide bonds. The maximum atomic E-state index is 11.8. The fourth-order valence-electron chi connectivity index (χ4n) is 1.29. The van der Waals surface area contributed by atoms with Gasteiger partial charge in [0.05, 0.1) is 9.35 Å². The minimum Gasteiger partial charge on any atom is -0.350 e. The van der Waals surface area contributed by atoms with Crippen molar-refractivity contribution in [3.05, 3.63) is 20.8 Å². The first-order valence-electron chi connectivity index (χ1n) is 5.32. The number of rotatable bonds is 5. The molecule has 0 fully saturated rings. The number of nitrogens with one attached hydrogen (secondary N) is 1. The maximum absolute atomic E-state index is 11.8. The van der Waals surface area contributed by atoms with Crippen LogP contribution in [0, 0.1) is 0 Å². The molecular weight excluding hydrogens is 288 g/mol. The van der Waals surface area contributed by atoms with Gasteiger partial charge in [-0.1, -0.05) is 13.8 Å². The Hall–Kier alpha value is -0.390. The predicted molar refractivity (Wildman–Crippen MR) is 71.9 cm³/mol. The number of hydrogen-bond donors (Lipinski definition) is 2. The molecule has 0 saturated heterocycles. The van der Waals surface area contributed by atoms with Crippen LogP contribution >= 0.6 is 27.3 Å². The van der Waals surface area contributed by atoms with Crippen LogP contribution in [0.25, 0.3) is 0 Å². The van der Waals surface area contributed by atoms with E-state index in [9.17, 15) is 4.79 Å². The third-order valence-electron chi connectivity index (χ3n) is 2.84. The molecule has 0 saturated carbocycles. The van der Waals surface area contributed by atoms with Gasteiger partial charge in [0, 0.05) is 17.5 Å². The second-order valence-corrected chi connectivity index (χ2v) is 6.18. The molecule has 0 unspecified atom stereocenters. The van der Waals surface area contributed by atoms with E-state index in [0.717, 1.165) is 16.6 Å². The molecule has 0 bridgehead atoms. The summed E-state index contributed by atoms with van der Waals surface area (Å²) in [5.41, 5.74) is 6.50. The SMILES string of the molecule is CCC(N)(CC)CNC(=O)c1csc(Br)c1. The first-order chi connectivity index (χ1) is 7.50. The van der Waals surface area contributed by atoms with Crippen molar-refractivity contribution in [2.75, 3.05) is 6.54 Å². The normalized spacial score (nSPS) is 11.5. The topological polar surface area (TPSA) is 55.1 Å². The van der Waals surface area contributed by atoms with E-state index in [1.807, 2.05) is 25.3 Å². The van der Waals surface area contributed by atoms with Gasteiger partial charge >= 0.3 is 0 Å². The maximum Gasteiger partial charge on any atom is 0.252 e. The lowest BCUT2D eigenvalue weighted by molar-refractivity contribution is 0.0942. The van der Waals surface area contributed by atoms with Crippen molar-refractivity contribution in [3.8, 4) is 0 Å². The van der Waals surface area contributed by atoms with Gasteiger partial charge in [0.1, 0.15) is 0 Å². The summed E-state index contributed by atoms with van der Waals surface area (Å²) in [5.74, 6) is -0.0568. The Labute approximate surface area is 109 Å². The van der Waals surface area contributed by atoms with Gasteiger partial charge in [-0.05, 0) is 34.8 Å². The molecule has 0 radical (unpaired) electrons. The highest BCUT2D eigenvalue weighted by atomic mass is 79.9. The Morgan fingerprint density at radius 2 is 2.19 bits per heavy atom. The van der Waals surface area contributed by atoms with Crippen molar-refractivity contribution in [1.82, 2.24) is 5.32 Å². The van der Waals surface area contributed by atoms with Crippen LogP contribution in [0.4, 0.5) is 0 Å². The third-order valence-corrected chi connectivity index (χ3v) is 4.34. The Morgan fingerprint density at radius 1 is 1.56 bits per heavy atom. The van der Waals surface area contributed by atoms with E-state index in [-0.39, 0.29) is 11.4 Å². The Morgan fingerprint density at radius 3 is 2.62 bits per heavy atom. The molecule has 0 aliphatic carbocycles.